The SMILES string of the molecule is O=C(CNc1ccccc1F)N1C[C@@H]2[C@H](CO)[C@H]3CN(Cc4cnsc4)C[C@]2(C1)O3. The smallest absolute Gasteiger partial charge is 0.241 e. The van der Waals surface area contributed by atoms with Crippen LogP contribution < -0.4 is 5.32 Å². The lowest BCUT2D eigenvalue weighted by Gasteiger charge is -2.40. The Morgan fingerprint density at radius 2 is 2.23 bits per heavy atom. The Bertz CT molecular complexity index is 913. The number of carbonyl (C=O) groups excluding carboxylic acids is 1. The Morgan fingerprint density at radius 1 is 1.37 bits per heavy atom. The molecule has 3 aliphatic heterocycles. The predicted molar refractivity (Wildman–Crippen MR) is 111 cm³/mol. The molecule has 3 saturated heterocycles. The van der Waals surface area contributed by atoms with E-state index in [1.165, 1.54) is 23.2 Å². The van der Waals surface area contributed by atoms with Crippen LogP contribution in [0.5, 0.6) is 0 Å². The average Bonchev–Trinajstić information content (AvgIpc) is 3.40. The van der Waals surface area contributed by atoms with E-state index >= 15 is 0 Å². The monoisotopic (exact) mass is 432 g/mol. The number of carbonyl (C=O) groups is 1. The molecule has 9 heteroatoms. The van der Waals surface area contributed by atoms with Crippen LogP contribution in [0.25, 0.3) is 0 Å². The first-order chi connectivity index (χ1) is 14.6. The molecule has 30 heavy (non-hydrogen) atoms. The van der Waals surface area contributed by atoms with Gasteiger partial charge in [-0.1, -0.05) is 12.1 Å². The summed E-state index contributed by atoms with van der Waals surface area (Å²) in [5, 5.41) is 15.0. The minimum Gasteiger partial charge on any atom is -0.396 e. The molecule has 160 valence electrons. The van der Waals surface area contributed by atoms with Crippen molar-refractivity contribution in [2.24, 2.45) is 11.8 Å². The maximum atomic E-state index is 13.8. The normalized spacial score (nSPS) is 30.5. The summed E-state index contributed by atoms with van der Waals surface area (Å²) >= 11 is 1.44. The highest BCUT2D eigenvalue weighted by molar-refractivity contribution is 7.03. The minimum absolute atomic E-state index is 0.0193. The standard InChI is InChI=1S/C21H25FN4O3S/c22-17-3-1-2-4-18(17)23-6-20(28)26-8-16-15(10-27)19-9-25(7-14-5-24-30-11-14)12-21(16,13-26)29-19/h1-5,11,15-16,19,23,27H,6-10,12-13H2/t15-,16+,19+,21+/m0/s1. The lowest BCUT2D eigenvalue weighted by Crippen LogP contribution is -2.54. The van der Waals surface area contributed by atoms with Crippen LogP contribution in [0.4, 0.5) is 10.1 Å². The summed E-state index contributed by atoms with van der Waals surface area (Å²) in [7, 11) is 0. The van der Waals surface area contributed by atoms with E-state index in [0.29, 0.717) is 18.8 Å². The van der Waals surface area contributed by atoms with Gasteiger partial charge in [-0.2, -0.15) is 0 Å². The third-order valence-corrected chi connectivity index (χ3v) is 7.25. The van der Waals surface area contributed by atoms with Crippen LogP contribution in [-0.2, 0) is 16.1 Å². The number of morpholine rings is 1. The molecule has 5 rings (SSSR count). The lowest BCUT2D eigenvalue weighted by atomic mass is 9.83. The molecule has 1 aromatic carbocycles. The van der Waals surface area contributed by atoms with Crippen molar-refractivity contribution in [2.75, 3.05) is 44.6 Å². The Labute approximate surface area is 178 Å². The van der Waals surface area contributed by atoms with Crippen molar-refractivity contribution in [1.82, 2.24) is 14.2 Å². The Kier molecular flexibility index (Phi) is 5.22. The molecule has 1 spiro atoms. The number of para-hydroxylation sites is 1. The number of benzene rings is 1. The van der Waals surface area contributed by atoms with Gasteiger partial charge in [-0.25, -0.2) is 8.76 Å². The predicted octanol–water partition coefficient (Wildman–Crippen LogP) is 1.41. The number of aromatic nitrogens is 1. The topological polar surface area (TPSA) is 77.9 Å². The van der Waals surface area contributed by atoms with Crippen molar-refractivity contribution < 1.29 is 19.0 Å². The Balaban J connectivity index is 1.27. The number of hydrogen-bond donors (Lipinski definition) is 2. The molecule has 0 saturated carbocycles. The molecule has 2 bridgehead atoms. The summed E-state index contributed by atoms with van der Waals surface area (Å²) < 4.78 is 24.4. The molecule has 3 fully saturated rings. The number of nitrogens with one attached hydrogen (secondary N) is 1. The fourth-order valence-corrected chi connectivity index (χ4v) is 5.81. The largest absolute Gasteiger partial charge is 0.396 e. The molecule has 0 aliphatic carbocycles. The van der Waals surface area contributed by atoms with E-state index in [1.807, 2.05) is 6.20 Å². The van der Waals surface area contributed by atoms with Gasteiger partial charge >= 0.3 is 0 Å². The van der Waals surface area contributed by atoms with Gasteiger partial charge < -0.3 is 20.1 Å². The van der Waals surface area contributed by atoms with Gasteiger partial charge in [0.1, 0.15) is 11.4 Å². The zero-order valence-electron chi connectivity index (χ0n) is 16.5. The Hall–Kier alpha value is -2.07. The van der Waals surface area contributed by atoms with Crippen molar-refractivity contribution in [2.45, 2.75) is 18.2 Å². The van der Waals surface area contributed by atoms with Crippen molar-refractivity contribution >= 4 is 23.1 Å². The highest BCUT2D eigenvalue weighted by Crippen LogP contribution is 2.49. The maximum Gasteiger partial charge on any atom is 0.241 e. The van der Waals surface area contributed by atoms with Gasteiger partial charge in [0.05, 0.1) is 24.9 Å². The number of nitrogens with zero attached hydrogens (tertiary/aromatic N) is 3. The number of fused-ring (bicyclic) bond motifs is 1. The van der Waals surface area contributed by atoms with Gasteiger partial charge in [0, 0.05) is 56.2 Å². The lowest BCUT2D eigenvalue weighted by molar-refractivity contribution is -0.137. The zero-order valence-corrected chi connectivity index (χ0v) is 17.4. The number of rotatable bonds is 6. The number of halogens is 1. The second-order valence-corrected chi connectivity index (χ2v) is 9.14. The molecule has 1 amide bonds. The number of aliphatic hydroxyl groups is 1. The van der Waals surface area contributed by atoms with E-state index in [-0.39, 0.29) is 42.8 Å². The van der Waals surface area contributed by atoms with Gasteiger partial charge in [0.2, 0.25) is 5.91 Å². The van der Waals surface area contributed by atoms with Crippen LogP contribution in [0.1, 0.15) is 5.56 Å². The van der Waals surface area contributed by atoms with Crippen LogP contribution in [0.15, 0.2) is 35.8 Å². The van der Waals surface area contributed by atoms with E-state index in [9.17, 15) is 14.3 Å². The molecule has 3 aliphatic rings. The van der Waals surface area contributed by atoms with Gasteiger partial charge in [0.15, 0.2) is 0 Å². The molecular formula is C21H25FN4O3S. The fourth-order valence-electron chi connectivity index (χ4n) is 5.29. The van der Waals surface area contributed by atoms with Gasteiger partial charge in [-0.3, -0.25) is 9.69 Å². The molecule has 2 N–H and O–H groups in total. The van der Waals surface area contributed by atoms with Crippen molar-refractivity contribution in [1.29, 1.82) is 0 Å². The molecule has 0 unspecified atom stereocenters. The number of aliphatic hydroxyl groups excluding tert-OH is 1. The van der Waals surface area contributed by atoms with Crippen LogP contribution in [0.2, 0.25) is 0 Å². The second kappa shape index (κ2) is 7.88. The van der Waals surface area contributed by atoms with Crippen molar-refractivity contribution in [3.63, 3.8) is 0 Å². The number of ether oxygens (including phenoxy) is 1. The van der Waals surface area contributed by atoms with E-state index in [1.54, 1.807) is 23.1 Å². The van der Waals surface area contributed by atoms with Crippen LogP contribution >= 0.6 is 11.5 Å². The second-order valence-electron chi connectivity index (χ2n) is 8.48. The number of hydrogen-bond acceptors (Lipinski definition) is 7. The van der Waals surface area contributed by atoms with Crippen molar-refractivity contribution in [3.8, 4) is 0 Å². The van der Waals surface area contributed by atoms with E-state index in [0.717, 1.165) is 19.6 Å². The summed E-state index contributed by atoms with van der Waals surface area (Å²) in [6, 6.07) is 6.33. The van der Waals surface area contributed by atoms with Gasteiger partial charge in [-0.05, 0) is 29.2 Å². The number of amides is 1. The summed E-state index contributed by atoms with van der Waals surface area (Å²) in [6.45, 7) is 3.45. The fraction of sp³-hybridized carbons (Fsp3) is 0.524. The highest BCUT2D eigenvalue weighted by atomic mass is 32.1. The maximum absolute atomic E-state index is 13.8. The highest BCUT2D eigenvalue weighted by Gasteiger charge is 2.62. The average molecular weight is 433 g/mol. The number of anilines is 1. The van der Waals surface area contributed by atoms with Crippen LogP contribution in [0.3, 0.4) is 0 Å². The first kappa shape index (κ1) is 19.9. The first-order valence-electron chi connectivity index (χ1n) is 10.2. The van der Waals surface area contributed by atoms with Crippen LogP contribution in [0, 0.1) is 17.7 Å². The molecule has 2 aromatic rings. The summed E-state index contributed by atoms with van der Waals surface area (Å²) in [5.41, 5.74) is 1.05. The molecule has 4 atom stereocenters. The third-order valence-electron chi connectivity index (χ3n) is 6.62. The summed E-state index contributed by atoms with van der Waals surface area (Å²) in [4.78, 5) is 17.0. The molecular weight excluding hydrogens is 407 g/mol. The summed E-state index contributed by atoms with van der Waals surface area (Å²) in [6.07, 6.45) is 1.87. The Morgan fingerprint density at radius 3 is 3.00 bits per heavy atom. The van der Waals surface area contributed by atoms with Gasteiger partial charge in [-0.15, -0.1) is 0 Å². The minimum atomic E-state index is -0.451. The quantitative estimate of drug-likeness (QED) is 0.719. The van der Waals surface area contributed by atoms with E-state index in [4.69, 9.17) is 4.74 Å². The molecule has 4 heterocycles. The van der Waals surface area contributed by atoms with Gasteiger partial charge in [0.25, 0.3) is 0 Å². The van der Waals surface area contributed by atoms with E-state index in [2.05, 4.69) is 20.0 Å². The van der Waals surface area contributed by atoms with Crippen molar-refractivity contribution in [3.05, 3.63) is 47.2 Å². The summed E-state index contributed by atoms with van der Waals surface area (Å²) in [5.74, 6) is -0.332. The molecule has 1 aromatic heterocycles. The third kappa shape index (κ3) is 3.49. The van der Waals surface area contributed by atoms with E-state index < -0.39 is 5.60 Å². The van der Waals surface area contributed by atoms with Crippen LogP contribution in [-0.4, -0.2) is 76.2 Å². The zero-order chi connectivity index (χ0) is 20.7. The molecule has 7 nitrogen and oxygen atoms in total. The number of likely N-dealkylation sites (tertiary alicyclic amines) is 2. The first-order valence-corrected chi connectivity index (χ1v) is 11.1. The molecule has 0 radical (unpaired) electrons.